The van der Waals surface area contributed by atoms with Crippen LogP contribution in [0.1, 0.15) is 20.7 Å². The smallest absolute Gasteiger partial charge is 0.256 e. The van der Waals surface area contributed by atoms with E-state index >= 15 is 0 Å². The van der Waals surface area contributed by atoms with Crippen molar-refractivity contribution in [2.75, 3.05) is 26.6 Å². The first-order valence-electron chi connectivity index (χ1n) is 9.94. The molecule has 4 N–H and O–H groups in total. The summed E-state index contributed by atoms with van der Waals surface area (Å²) in [6.07, 6.45) is 3.36. The predicted molar refractivity (Wildman–Crippen MR) is 124 cm³/mol. The summed E-state index contributed by atoms with van der Waals surface area (Å²) in [4.78, 5) is 32.9. The van der Waals surface area contributed by atoms with E-state index in [1.807, 2.05) is 12.1 Å². The van der Waals surface area contributed by atoms with Crippen molar-refractivity contribution < 1.29 is 23.8 Å². The Labute approximate surface area is 189 Å². The number of aromatic nitrogens is 2. The van der Waals surface area contributed by atoms with Gasteiger partial charge in [0.25, 0.3) is 5.91 Å². The van der Waals surface area contributed by atoms with Crippen molar-refractivity contribution in [3.8, 4) is 28.4 Å². The number of benzene rings is 2. The maximum Gasteiger partial charge on any atom is 0.256 e. The van der Waals surface area contributed by atoms with Gasteiger partial charge in [-0.05, 0) is 24.3 Å². The number of nitrogens with one attached hydrogen (secondary N) is 2. The molecule has 0 radical (unpaired) electrons. The largest absolute Gasteiger partial charge is 0.493 e. The molecule has 2 amide bonds. The minimum atomic E-state index is -0.651. The molecule has 4 rings (SSSR count). The van der Waals surface area contributed by atoms with Crippen LogP contribution >= 0.6 is 0 Å². The normalized spacial score (nSPS) is 10.6. The maximum absolute atomic E-state index is 13.3. The molecule has 0 aliphatic heterocycles. The number of amides is 2. The highest BCUT2D eigenvalue weighted by Crippen LogP contribution is 2.40. The van der Waals surface area contributed by atoms with E-state index in [4.69, 9.17) is 19.9 Å². The SMILES string of the molecule is COc1cc(NC(=O)c2cccc(C(N)=O)c2-c2cnc3[nH]ccc3c2)cc(OC)c1OC. The lowest BCUT2D eigenvalue weighted by Gasteiger charge is -2.16. The van der Waals surface area contributed by atoms with Gasteiger partial charge in [-0.1, -0.05) is 6.07 Å². The van der Waals surface area contributed by atoms with Crippen LogP contribution in [0.2, 0.25) is 0 Å². The van der Waals surface area contributed by atoms with Crippen LogP contribution in [0.4, 0.5) is 5.69 Å². The topological polar surface area (TPSA) is 129 Å². The Bertz CT molecular complexity index is 1340. The number of nitrogens with zero attached hydrogens (tertiary/aromatic N) is 1. The molecule has 0 saturated carbocycles. The lowest BCUT2D eigenvalue weighted by molar-refractivity contribution is 0.100. The zero-order valence-electron chi connectivity index (χ0n) is 18.3. The van der Waals surface area contributed by atoms with Gasteiger partial charge in [0, 0.05) is 57.9 Å². The molecule has 0 aliphatic rings. The highest BCUT2D eigenvalue weighted by Gasteiger charge is 2.21. The van der Waals surface area contributed by atoms with Crippen LogP contribution in [-0.2, 0) is 0 Å². The third-order valence-corrected chi connectivity index (χ3v) is 5.19. The summed E-state index contributed by atoms with van der Waals surface area (Å²) in [6, 6.07) is 11.7. The molecule has 2 aromatic heterocycles. The summed E-state index contributed by atoms with van der Waals surface area (Å²) in [5.41, 5.74) is 8.20. The average Bonchev–Trinajstić information content (AvgIpc) is 3.30. The van der Waals surface area contributed by atoms with Gasteiger partial charge in [-0.3, -0.25) is 9.59 Å². The van der Waals surface area contributed by atoms with Gasteiger partial charge < -0.3 is 30.2 Å². The number of rotatable bonds is 7. The third kappa shape index (κ3) is 4.03. The number of nitrogens with two attached hydrogens (primary N) is 1. The summed E-state index contributed by atoms with van der Waals surface area (Å²) < 4.78 is 16.0. The van der Waals surface area contributed by atoms with E-state index in [1.165, 1.54) is 21.3 Å². The molecular formula is C24H22N4O5. The first-order chi connectivity index (χ1) is 16.0. The van der Waals surface area contributed by atoms with Crippen LogP contribution in [0.15, 0.2) is 54.9 Å². The van der Waals surface area contributed by atoms with Crippen LogP contribution in [-0.4, -0.2) is 43.1 Å². The summed E-state index contributed by atoms with van der Waals surface area (Å²) >= 11 is 0. The quantitative estimate of drug-likeness (QED) is 0.398. The summed E-state index contributed by atoms with van der Waals surface area (Å²) in [7, 11) is 4.47. The number of pyridine rings is 1. The maximum atomic E-state index is 13.3. The van der Waals surface area contributed by atoms with Gasteiger partial charge in [-0.25, -0.2) is 4.98 Å². The van der Waals surface area contributed by atoms with Gasteiger partial charge in [-0.15, -0.1) is 0 Å². The highest BCUT2D eigenvalue weighted by atomic mass is 16.5. The Morgan fingerprint density at radius 3 is 2.30 bits per heavy atom. The van der Waals surface area contributed by atoms with Crippen molar-refractivity contribution in [1.82, 2.24) is 9.97 Å². The van der Waals surface area contributed by atoms with Gasteiger partial charge in [-0.2, -0.15) is 0 Å². The number of methoxy groups -OCH3 is 3. The third-order valence-electron chi connectivity index (χ3n) is 5.19. The molecule has 33 heavy (non-hydrogen) atoms. The van der Waals surface area contributed by atoms with Gasteiger partial charge in [0.2, 0.25) is 11.7 Å². The number of anilines is 1. The fraction of sp³-hybridized carbons (Fsp3) is 0.125. The van der Waals surface area contributed by atoms with Gasteiger partial charge in [0.15, 0.2) is 11.5 Å². The monoisotopic (exact) mass is 446 g/mol. The minimum Gasteiger partial charge on any atom is -0.493 e. The van der Waals surface area contributed by atoms with Gasteiger partial charge >= 0.3 is 0 Å². The summed E-state index contributed by atoms with van der Waals surface area (Å²) in [5.74, 6) is 0.0826. The molecule has 0 bridgehead atoms. The standard InChI is InChI=1S/C24H22N4O5/c1-31-18-10-15(11-19(32-2)21(18)33-3)28-24(30)17-6-4-5-16(22(25)29)20(17)14-9-13-7-8-26-23(13)27-12-14/h4-12H,1-3H3,(H2,25,29)(H,26,27)(H,28,30). The number of fused-ring (bicyclic) bond motifs is 1. The average molecular weight is 446 g/mol. The number of carbonyl (C=O) groups is 2. The van der Waals surface area contributed by atoms with E-state index < -0.39 is 11.8 Å². The van der Waals surface area contributed by atoms with Crippen molar-refractivity contribution in [2.45, 2.75) is 0 Å². The van der Waals surface area contributed by atoms with Crippen molar-refractivity contribution in [3.05, 3.63) is 66.0 Å². The number of hydrogen-bond donors (Lipinski definition) is 3. The summed E-state index contributed by atoms with van der Waals surface area (Å²) in [5, 5.41) is 3.67. The van der Waals surface area contributed by atoms with Crippen LogP contribution in [0.5, 0.6) is 17.2 Å². The van der Waals surface area contributed by atoms with E-state index in [9.17, 15) is 9.59 Å². The first kappa shape index (κ1) is 21.7. The number of hydrogen-bond acceptors (Lipinski definition) is 6. The van der Waals surface area contributed by atoms with Crippen molar-refractivity contribution in [2.24, 2.45) is 5.73 Å². The molecule has 168 valence electrons. The van der Waals surface area contributed by atoms with E-state index in [-0.39, 0.29) is 11.1 Å². The molecule has 0 fully saturated rings. The second kappa shape index (κ2) is 8.91. The fourth-order valence-electron chi connectivity index (χ4n) is 3.69. The molecule has 4 aromatic rings. The zero-order valence-corrected chi connectivity index (χ0v) is 18.3. The number of carbonyl (C=O) groups excluding carboxylic acids is 2. The first-order valence-corrected chi connectivity index (χ1v) is 9.94. The van der Waals surface area contributed by atoms with Gasteiger partial charge in [0.05, 0.1) is 21.3 Å². The van der Waals surface area contributed by atoms with E-state index in [0.717, 1.165) is 5.39 Å². The number of H-pyrrole nitrogens is 1. The van der Waals surface area contributed by atoms with E-state index in [0.29, 0.717) is 39.7 Å². The Morgan fingerprint density at radius 1 is 0.970 bits per heavy atom. The van der Waals surface area contributed by atoms with Crippen molar-refractivity contribution >= 4 is 28.5 Å². The molecule has 2 aromatic carbocycles. The molecule has 2 heterocycles. The van der Waals surface area contributed by atoms with Crippen molar-refractivity contribution in [3.63, 3.8) is 0 Å². The minimum absolute atomic E-state index is 0.212. The van der Waals surface area contributed by atoms with Crippen LogP contribution in [0.25, 0.3) is 22.2 Å². The Kier molecular flexibility index (Phi) is 5.86. The molecule has 0 saturated heterocycles. The van der Waals surface area contributed by atoms with E-state index in [2.05, 4.69) is 15.3 Å². The van der Waals surface area contributed by atoms with Gasteiger partial charge in [0.1, 0.15) is 5.65 Å². The molecule has 0 aliphatic carbocycles. The highest BCUT2D eigenvalue weighted by molar-refractivity contribution is 6.13. The molecule has 0 unspecified atom stereocenters. The second-order valence-corrected chi connectivity index (χ2v) is 7.10. The Hall–Kier alpha value is -4.53. The van der Waals surface area contributed by atoms with E-state index in [1.54, 1.807) is 42.7 Å². The zero-order chi connectivity index (χ0) is 23.5. The number of primary amides is 1. The Balaban J connectivity index is 1.80. The van der Waals surface area contributed by atoms with Crippen LogP contribution in [0.3, 0.4) is 0 Å². The summed E-state index contributed by atoms with van der Waals surface area (Å²) in [6.45, 7) is 0. The second-order valence-electron chi connectivity index (χ2n) is 7.10. The van der Waals surface area contributed by atoms with Crippen molar-refractivity contribution in [1.29, 1.82) is 0 Å². The lowest BCUT2D eigenvalue weighted by atomic mass is 9.94. The predicted octanol–water partition coefficient (Wildman–Crippen LogP) is 3.61. The lowest BCUT2D eigenvalue weighted by Crippen LogP contribution is -2.18. The molecule has 0 spiro atoms. The number of ether oxygens (including phenoxy) is 3. The fourth-order valence-corrected chi connectivity index (χ4v) is 3.69. The molecular weight excluding hydrogens is 424 g/mol. The Morgan fingerprint density at radius 2 is 1.67 bits per heavy atom. The number of aromatic amines is 1. The molecule has 0 atom stereocenters. The van der Waals surface area contributed by atoms with Crippen LogP contribution in [0, 0.1) is 0 Å². The van der Waals surface area contributed by atoms with Crippen LogP contribution < -0.4 is 25.3 Å². The molecule has 9 heteroatoms. The molecule has 9 nitrogen and oxygen atoms in total.